The van der Waals surface area contributed by atoms with Gasteiger partial charge in [0.25, 0.3) is 5.91 Å². The zero-order valence-electron chi connectivity index (χ0n) is 16.8. The molecule has 146 valence electrons. The number of ether oxygens (including phenoxy) is 1. The number of nitrogens with one attached hydrogen (secondary N) is 1. The van der Waals surface area contributed by atoms with Gasteiger partial charge in [-0.25, -0.2) is 0 Å². The number of hydrogen-bond acceptors (Lipinski definition) is 3. The highest BCUT2D eigenvalue weighted by molar-refractivity contribution is 7.99. The van der Waals surface area contributed by atoms with E-state index in [1.807, 2.05) is 30.8 Å². The predicted octanol–water partition coefficient (Wildman–Crippen LogP) is 5.32. The van der Waals surface area contributed by atoms with E-state index < -0.39 is 6.10 Å². The van der Waals surface area contributed by atoms with Crippen molar-refractivity contribution < 1.29 is 9.53 Å². The van der Waals surface area contributed by atoms with Crippen LogP contribution in [0.15, 0.2) is 24.3 Å². The zero-order chi connectivity index (χ0) is 19.0. The van der Waals surface area contributed by atoms with Crippen LogP contribution in [0, 0.1) is 0 Å². The molecule has 1 fully saturated rings. The Kier molecular flexibility index (Phi) is 8.33. The fraction of sp³-hybridized carbons (Fsp3) is 0.682. The number of carbonyl (C=O) groups is 1. The van der Waals surface area contributed by atoms with Crippen molar-refractivity contribution in [3.05, 3.63) is 29.8 Å². The van der Waals surface area contributed by atoms with Crippen molar-refractivity contribution in [2.45, 2.75) is 83.0 Å². The Bertz CT molecular complexity index is 544. The van der Waals surface area contributed by atoms with Crippen molar-refractivity contribution in [1.29, 1.82) is 0 Å². The summed E-state index contributed by atoms with van der Waals surface area (Å²) in [6.45, 7) is 9.29. The average molecular weight is 378 g/mol. The van der Waals surface area contributed by atoms with Crippen LogP contribution in [-0.4, -0.2) is 29.6 Å². The summed E-state index contributed by atoms with van der Waals surface area (Å²) in [6.07, 6.45) is 7.04. The molecule has 1 aromatic rings. The minimum atomic E-state index is -0.421. The standard InChI is InChI=1S/C22H35NO2S/c1-5-20(25-18-13-11-17(12-14-18)22(2,3)4)21(24)23-15-16-26-19-9-7-6-8-10-19/h11-14,19-20H,5-10,15-16H2,1-4H3,(H,23,24). The van der Waals surface area contributed by atoms with Gasteiger partial charge >= 0.3 is 0 Å². The molecule has 0 bridgehead atoms. The normalized spacial score (nSPS) is 16.9. The molecule has 0 heterocycles. The van der Waals surface area contributed by atoms with Crippen molar-refractivity contribution in [1.82, 2.24) is 5.32 Å². The Morgan fingerprint density at radius 3 is 2.42 bits per heavy atom. The van der Waals surface area contributed by atoms with Crippen LogP contribution in [0.1, 0.15) is 71.8 Å². The van der Waals surface area contributed by atoms with E-state index in [4.69, 9.17) is 4.74 Å². The quantitative estimate of drug-likeness (QED) is 0.623. The van der Waals surface area contributed by atoms with E-state index in [0.29, 0.717) is 6.42 Å². The van der Waals surface area contributed by atoms with Crippen molar-refractivity contribution in [2.24, 2.45) is 0 Å². The summed E-state index contributed by atoms with van der Waals surface area (Å²) >= 11 is 2.01. The van der Waals surface area contributed by atoms with Gasteiger partial charge in [0.2, 0.25) is 0 Å². The molecule has 2 rings (SSSR count). The van der Waals surface area contributed by atoms with Crippen LogP contribution in [-0.2, 0) is 10.2 Å². The molecule has 1 unspecified atom stereocenters. The molecule has 1 N–H and O–H groups in total. The van der Waals surface area contributed by atoms with Crippen LogP contribution in [0.5, 0.6) is 5.75 Å². The fourth-order valence-corrected chi connectivity index (χ4v) is 4.49. The minimum Gasteiger partial charge on any atom is -0.481 e. The third kappa shape index (κ3) is 6.86. The molecule has 1 atom stereocenters. The van der Waals surface area contributed by atoms with E-state index in [1.54, 1.807) is 0 Å². The Hall–Kier alpha value is -1.16. The minimum absolute atomic E-state index is 0.00311. The molecular formula is C22H35NO2S. The first-order chi connectivity index (χ1) is 12.4. The van der Waals surface area contributed by atoms with Crippen LogP contribution < -0.4 is 10.1 Å². The molecule has 0 aliphatic heterocycles. The number of hydrogen-bond donors (Lipinski definition) is 1. The summed E-state index contributed by atoms with van der Waals surface area (Å²) in [4.78, 5) is 12.4. The maximum atomic E-state index is 12.4. The van der Waals surface area contributed by atoms with Crippen molar-refractivity contribution in [2.75, 3.05) is 12.3 Å². The molecule has 1 aliphatic carbocycles. The topological polar surface area (TPSA) is 38.3 Å². The summed E-state index contributed by atoms with van der Waals surface area (Å²) in [7, 11) is 0. The van der Waals surface area contributed by atoms with Crippen molar-refractivity contribution in [3.63, 3.8) is 0 Å². The lowest BCUT2D eigenvalue weighted by Gasteiger charge is -2.22. The first-order valence-corrected chi connectivity index (χ1v) is 11.1. The van der Waals surface area contributed by atoms with Crippen molar-refractivity contribution in [3.8, 4) is 5.75 Å². The van der Waals surface area contributed by atoms with E-state index in [2.05, 4.69) is 38.2 Å². The van der Waals surface area contributed by atoms with Gasteiger partial charge in [-0.05, 0) is 42.4 Å². The van der Waals surface area contributed by atoms with Gasteiger partial charge in [-0.2, -0.15) is 11.8 Å². The predicted molar refractivity (Wildman–Crippen MR) is 112 cm³/mol. The number of benzene rings is 1. The Balaban J connectivity index is 1.75. The van der Waals surface area contributed by atoms with Crippen LogP contribution in [0.2, 0.25) is 0 Å². The van der Waals surface area contributed by atoms with Crippen LogP contribution in [0.4, 0.5) is 0 Å². The van der Waals surface area contributed by atoms with Gasteiger partial charge in [0, 0.05) is 17.5 Å². The van der Waals surface area contributed by atoms with Gasteiger partial charge in [-0.15, -0.1) is 0 Å². The monoisotopic (exact) mass is 377 g/mol. The summed E-state index contributed by atoms with van der Waals surface area (Å²) in [5.74, 6) is 1.75. The van der Waals surface area contributed by atoms with E-state index in [-0.39, 0.29) is 11.3 Å². The first kappa shape index (κ1) is 21.1. The molecule has 0 saturated heterocycles. The van der Waals surface area contributed by atoms with Crippen molar-refractivity contribution >= 4 is 17.7 Å². The molecule has 0 radical (unpaired) electrons. The van der Waals surface area contributed by atoms with Gasteiger partial charge in [0.1, 0.15) is 5.75 Å². The third-order valence-corrected chi connectivity index (χ3v) is 6.35. The van der Waals surface area contributed by atoms with Gasteiger partial charge in [0.05, 0.1) is 0 Å². The van der Waals surface area contributed by atoms with Crippen LogP contribution >= 0.6 is 11.8 Å². The fourth-order valence-electron chi connectivity index (χ4n) is 3.27. The van der Waals surface area contributed by atoms with Gasteiger partial charge < -0.3 is 10.1 Å². The molecule has 4 heteroatoms. The SMILES string of the molecule is CCC(Oc1ccc(C(C)(C)C)cc1)C(=O)NCCSC1CCCCC1. The number of carbonyl (C=O) groups excluding carboxylic acids is 1. The molecule has 1 saturated carbocycles. The lowest BCUT2D eigenvalue weighted by Crippen LogP contribution is -2.39. The summed E-state index contributed by atoms with van der Waals surface area (Å²) < 4.78 is 5.92. The van der Waals surface area contributed by atoms with Gasteiger partial charge in [-0.1, -0.05) is 59.1 Å². The van der Waals surface area contributed by atoms with E-state index in [9.17, 15) is 4.79 Å². The molecule has 3 nitrogen and oxygen atoms in total. The van der Waals surface area contributed by atoms with E-state index in [0.717, 1.165) is 23.3 Å². The molecular weight excluding hydrogens is 342 g/mol. The number of rotatable bonds is 8. The first-order valence-electron chi connectivity index (χ1n) is 10.1. The lowest BCUT2D eigenvalue weighted by atomic mass is 9.87. The zero-order valence-corrected chi connectivity index (χ0v) is 17.7. The lowest BCUT2D eigenvalue weighted by molar-refractivity contribution is -0.127. The van der Waals surface area contributed by atoms with Crippen LogP contribution in [0.3, 0.4) is 0 Å². The van der Waals surface area contributed by atoms with Crippen LogP contribution in [0.25, 0.3) is 0 Å². The Labute approximate surface area is 163 Å². The summed E-state index contributed by atoms with van der Waals surface area (Å²) in [5.41, 5.74) is 1.39. The van der Waals surface area contributed by atoms with Gasteiger partial charge in [0.15, 0.2) is 6.10 Å². The molecule has 26 heavy (non-hydrogen) atoms. The smallest absolute Gasteiger partial charge is 0.261 e. The van der Waals surface area contributed by atoms with E-state index >= 15 is 0 Å². The second-order valence-electron chi connectivity index (χ2n) is 8.21. The highest BCUT2D eigenvalue weighted by Gasteiger charge is 2.19. The maximum absolute atomic E-state index is 12.4. The average Bonchev–Trinajstić information content (AvgIpc) is 2.63. The van der Waals surface area contributed by atoms with E-state index in [1.165, 1.54) is 37.7 Å². The second kappa shape index (κ2) is 10.2. The maximum Gasteiger partial charge on any atom is 0.261 e. The molecule has 1 amide bonds. The number of amides is 1. The van der Waals surface area contributed by atoms with Gasteiger partial charge in [-0.3, -0.25) is 4.79 Å². The molecule has 0 aromatic heterocycles. The Morgan fingerprint density at radius 2 is 1.85 bits per heavy atom. The highest BCUT2D eigenvalue weighted by atomic mass is 32.2. The second-order valence-corrected chi connectivity index (χ2v) is 9.62. The highest BCUT2D eigenvalue weighted by Crippen LogP contribution is 2.28. The molecule has 1 aromatic carbocycles. The summed E-state index contributed by atoms with van der Waals surface area (Å²) in [5, 5.41) is 3.84. The Morgan fingerprint density at radius 1 is 1.19 bits per heavy atom. The molecule has 0 spiro atoms. The number of thioether (sulfide) groups is 1. The molecule has 1 aliphatic rings. The third-order valence-electron chi connectivity index (χ3n) is 4.97. The summed E-state index contributed by atoms with van der Waals surface area (Å²) in [6, 6.07) is 8.10. The largest absolute Gasteiger partial charge is 0.481 e.